The van der Waals surface area contributed by atoms with Crippen molar-refractivity contribution in [1.29, 1.82) is 0 Å². The summed E-state index contributed by atoms with van der Waals surface area (Å²) in [6.45, 7) is 0. The predicted octanol–water partition coefficient (Wildman–Crippen LogP) is 1.07. The van der Waals surface area contributed by atoms with Gasteiger partial charge >= 0.3 is 0 Å². The molecule has 1 rings (SSSR count). The Balaban J connectivity index is 2.59. The standard InChI is InChI=1S/C4H7N3S/c1-7-3-2-5-6-4(7)8/h2-4,8H,1H3. The van der Waals surface area contributed by atoms with Gasteiger partial charge in [-0.2, -0.15) is 10.2 Å². The van der Waals surface area contributed by atoms with E-state index in [1.165, 1.54) is 0 Å². The van der Waals surface area contributed by atoms with Gasteiger partial charge in [0.25, 0.3) is 0 Å². The van der Waals surface area contributed by atoms with Crippen LogP contribution >= 0.6 is 12.6 Å². The first kappa shape index (κ1) is 5.62. The molecule has 0 aliphatic carbocycles. The van der Waals surface area contributed by atoms with Crippen molar-refractivity contribution < 1.29 is 0 Å². The summed E-state index contributed by atoms with van der Waals surface area (Å²) >= 11 is 4.07. The molecule has 1 aliphatic heterocycles. The molecule has 0 spiro atoms. The van der Waals surface area contributed by atoms with Gasteiger partial charge in [0.15, 0.2) is 5.50 Å². The zero-order valence-electron chi connectivity index (χ0n) is 4.52. The highest BCUT2D eigenvalue weighted by Gasteiger charge is 2.04. The van der Waals surface area contributed by atoms with Gasteiger partial charge in [-0.3, -0.25) is 0 Å². The Hall–Kier alpha value is -0.510. The number of nitrogens with zero attached hydrogens (tertiary/aromatic N) is 3. The van der Waals surface area contributed by atoms with Crippen molar-refractivity contribution in [2.24, 2.45) is 10.2 Å². The monoisotopic (exact) mass is 129 g/mol. The van der Waals surface area contributed by atoms with Crippen LogP contribution in [0.2, 0.25) is 0 Å². The molecule has 0 aromatic carbocycles. The molecule has 0 saturated carbocycles. The summed E-state index contributed by atoms with van der Waals surface area (Å²) < 4.78 is 0. The van der Waals surface area contributed by atoms with E-state index in [0.717, 1.165) is 0 Å². The Morgan fingerprint density at radius 2 is 2.50 bits per heavy atom. The molecule has 4 heteroatoms. The van der Waals surface area contributed by atoms with Crippen molar-refractivity contribution in [3.8, 4) is 0 Å². The molecule has 0 fully saturated rings. The number of hydrogen-bond donors (Lipinski definition) is 1. The second kappa shape index (κ2) is 2.17. The van der Waals surface area contributed by atoms with Gasteiger partial charge in [0, 0.05) is 13.2 Å². The van der Waals surface area contributed by atoms with E-state index >= 15 is 0 Å². The second-order valence-corrected chi connectivity index (χ2v) is 2.00. The Morgan fingerprint density at radius 1 is 1.75 bits per heavy atom. The molecule has 1 atom stereocenters. The number of azo groups is 1. The van der Waals surface area contributed by atoms with Crippen molar-refractivity contribution >= 4 is 12.6 Å². The fraction of sp³-hybridized carbons (Fsp3) is 0.500. The molecule has 1 heterocycles. The number of rotatable bonds is 0. The highest BCUT2D eigenvalue weighted by Crippen LogP contribution is 2.07. The second-order valence-electron chi connectivity index (χ2n) is 1.54. The van der Waals surface area contributed by atoms with Crippen molar-refractivity contribution in [2.45, 2.75) is 5.50 Å². The molecular weight excluding hydrogens is 122 g/mol. The molecule has 0 N–H and O–H groups in total. The first-order chi connectivity index (χ1) is 3.80. The Kier molecular flexibility index (Phi) is 1.53. The average molecular weight is 129 g/mol. The van der Waals surface area contributed by atoms with E-state index in [4.69, 9.17) is 0 Å². The molecule has 0 aromatic heterocycles. The molecule has 1 aliphatic rings. The van der Waals surface area contributed by atoms with E-state index in [2.05, 4.69) is 22.9 Å². The third-order valence-electron chi connectivity index (χ3n) is 0.903. The van der Waals surface area contributed by atoms with E-state index in [1.807, 2.05) is 18.1 Å². The normalized spacial score (nSPS) is 26.8. The number of hydrogen-bond acceptors (Lipinski definition) is 4. The van der Waals surface area contributed by atoms with Crippen LogP contribution in [0.4, 0.5) is 0 Å². The van der Waals surface area contributed by atoms with E-state index in [0.29, 0.717) is 0 Å². The fourth-order valence-electron chi connectivity index (χ4n) is 0.392. The lowest BCUT2D eigenvalue weighted by atomic mass is 10.7. The fourth-order valence-corrected chi connectivity index (χ4v) is 0.528. The number of thiol groups is 1. The molecule has 0 bridgehead atoms. The lowest BCUT2D eigenvalue weighted by Gasteiger charge is -2.18. The minimum atomic E-state index is -0.0972. The minimum absolute atomic E-state index is 0.0972. The van der Waals surface area contributed by atoms with Crippen LogP contribution < -0.4 is 0 Å². The Labute approximate surface area is 53.5 Å². The third kappa shape index (κ3) is 1.01. The summed E-state index contributed by atoms with van der Waals surface area (Å²) in [6.07, 6.45) is 3.46. The summed E-state index contributed by atoms with van der Waals surface area (Å²) in [7, 11) is 1.90. The molecule has 1 unspecified atom stereocenters. The largest absolute Gasteiger partial charge is 0.348 e. The van der Waals surface area contributed by atoms with Crippen LogP contribution in [0.3, 0.4) is 0 Å². The van der Waals surface area contributed by atoms with Crippen LogP contribution in [0, 0.1) is 0 Å². The lowest BCUT2D eigenvalue weighted by molar-refractivity contribution is 0.416. The van der Waals surface area contributed by atoms with Gasteiger partial charge in [0.1, 0.15) is 0 Å². The maximum absolute atomic E-state index is 4.07. The highest BCUT2D eigenvalue weighted by atomic mass is 32.1. The summed E-state index contributed by atoms with van der Waals surface area (Å²) in [5.74, 6) is 0. The van der Waals surface area contributed by atoms with Crippen LogP contribution in [0.1, 0.15) is 0 Å². The third-order valence-corrected chi connectivity index (χ3v) is 1.37. The first-order valence-corrected chi connectivity index (χ1v) is 2.79. The van der Waals surface area contributed by atoms with Gasteiger partial charge in [-0.05, 0) is 0 Å². The molecule has 0 aromatic rings. The predicted molar refractivity (Wildman–Crippen MR) is 34.5 cm³/mol. The molecule has 44 valence electrons. The molecular formula is C4H7N3S. The summed E-state index contributed by atoms with van der Waals surface area (Å²) in [5, 5.41) is 7.37. The van der Waals surface area contributed by atoms with E-state index in [9.17, 15) is 0 Å². The van der Waals surface area contributed by atoms with Crippen molar-refractivity contribution in [3.63, 3.8) is 0 Å². The lowest BCUT2D eigenvalue weighted by Crippen LogP contribution is -2.20. The maximum atomic E-state index is 4.07. The van der Waals surface area contributed by atoms with Gasteiger partial charge in [-0.1, -0.05) is 0 Å². The summed E-state index contributed by atoms with van der Waals surface area (Å²) in [5.41, 5.74) is -0.0972. The first-order valence-electron chi connectivity index (χ1n) is 2.27. The molecule has 8 heavy (non-hydrogen) atoms. The molecule has 0 amide bonds. The van der Waals surface area contributed by atoms with Crippen LogP contribution in [0.5, 0.6) is 0 Å². The minimum Gasteiger partial charge on any atom is -0.348 e. The van der Waals surface area contributed by atoms with E-state index in [1.54, 1.807) is 6.20 Å². The van der Waals surface area contributed by atoms with Crippen LogP contribution in [0.15, 0.2) is 22.6 Å². The topological polar surface area (TPSA) is 28.0 Å². The molecule has 3 nitrogen and oxygen atoms in total. The molecule has 0 saturated heterocycles. The van der Waals surface area contributed by atoms with Crippen LogP contribution in [-0.2, 0) is 0 Å². The average Bonchev–Trinajstić information content (AvgIpc) is 1.77. The van der Waals surface area contributed by atoms with Crippen molar-refractivity contribution in [2.75, 3.05) is 7.05 Å². The van der Waals surface area contributed by atoms with E-state index < -0.39 is 0 Å². The zero-order chi connectivity index (χ0) is 5.98. The van der Waals surface area contributed by atoms with Gasteiger partial charge in [0.05, 0.1) is 6.20 Å². The molecule has 0 radical (unpaired) electrons. The summed E-state index contributed by atoms with van der Waals surface area (Å²) in [4.78, 5) is 1.86. The van der Waals surface area contributed by atoms with Crippen molar-refractivity contribution in [3.05, 3.63) is 12.4 Å². The Morgan fingerprint density at radius 3 is 2.88 bits per heavy atom. The van der Waals surface area contributed by atoms with Gasteiger partial charge in [-0.15, -0.1) is 12.6 Å². The smallest absolute Gasteiger partial charge is 0.186 e. The quantitative estimate of drug-likeness (QED) is 0.487. The van der Waals surface area contributed by atoms with Crippen LogP contribution in [0.25, 0.3) is 0 Å². The van der Waals surface area contributed by atoms with Crippen molar-refractivity contribution in [1.82, 2.24) is 4.90 Å². The maximum Gasteiger partial charge on any atom is 0.186 e. The summed E-state index contributed by atoms with van der Waals surface area (Å²) in [6, 6.07) is 0. The van der Waals surface area contributed by atoms with Gasteiger partial charge in [0.2, 0.25) is 0 Å². The van der Waals surface area contributed by atoms with Crippen LogP contribution in [-0.4, -0.2) is 17.4 Å². The zero-order valence-corrected chi connectivity index (χ0v) is 5.42. The van der Waals surface area contributed by atoms with Gasteiger partial charge < -0.3 is 4.90 Å². The van der Waals surface area contributed by atoms with E-state index in [-0.39, 0.29) is 5.50 Å². The Bertz CT molecular complexity index is 115. The SMILES string of the molecule is CN1C=CN=NC1S. The highest BCUT2D eigenvalue weighted by molar-refractivity contribution is 7.80. The van der Waals surface area contributed by atoms with Gasteiger partial charge in [-0.25, -0.2) is 0 Å².